The Bertz CT molecular complexity index is 227. The van der Waals surface area contributed by atoms with E-state index in [1.54, 1.807) is 12.3 Å². The summed E-state index contributed by atoms with van der Waals surface area (Å²) >= 11 is 0. The van der Waals surface area contributed by atoms with Crippen molar-refractivity contribution in [2.75, 3.05) is 19.0 Å². The van der Waals surface area contributed by atoms with Crippen LogP contribution in [0.15, 0.2) is 16.7 Å². The Morgan fingerprint density at radius 2 is 2.30 bits per heavy atom. The highest BCUT2D eigenvalue weighted by Gasteiger charge is 1.99. The highest BCUT2D eigenvalue weighted by Crippen LogP contribution is 2.13. The zero-order chi connectivity index (χ0) is 7.56. The fourth-order valence-corrected chi connectivity index (χ4v) is 0.639. The van der Waals surface area contributed by atoms with Crippen LogP contribution >= 0.6 is 0 Å². The van der Waals surface area contributed by atoms with Gasteiger partial charge in [-0.1, -0.05) is 0 Å². The quantitative estimate of drug-likeness (QED) is 0.576. The summed E-state index contributed by atoms with van der Waals surface area (Å²) in [6.45, 7) is 0. The van der Waals surface area contributed by atoms with Crippen LogP contribution < -0.4 is 4.90 Å². The number of anilines is 1. The first-order valence-corrected chi connectivity index (χ1v) is 2.95. The molecule has 0 amide bonds. The van der Waals surface area contributed by atoms with Gasteiger partial charge >= 0.3 is 0 Å². The Hall–Kier alpha value is -1.25. The van der Waals surface area contributed by atoms with Gasteiger partial charge in [-0.25, -0.2) is 0 Å². The molecule has 0 aliphatic rings. The van der Waals surface area contributed by atoms with Crippen molar-refractivity contribution in [2.24, 2.45) is 0 Å². The van der Waals surface area contributed by atoms with Crippen LogP contribution in [0, 0.1) is 0 Å². The first-order chi connectivity index (χ1) is 4.74. The molecule has 54 valence electrons. The minimum Gasteiger partial charge on any atom is -0.459 e. The largest absolute Gasteiger partial charge is 0.459 e. The summed E-state index contributed by atoms with van der Waals surface area (Å²) in [5.74, 6) is 0.365. The van der Waals surface area contributed by atoms with E-state index in [1.165, 1.54) is 0 Å². The average molecular weight is 139 g/mol. The lowest BCUT2D eigenvalue weighted by Crippen LogP contribution is -2.06. The summed E-state index contributed by atoms with van der Waals surface area (Å²) in [7, 11) is 3.78. The topological polar surface area (TPSA) is 33.5 Å². The number of furan rings is 1. The number of carbonyl (C=O) groups is 1. The molecule has 3 heteroatoms. The number of nitrogens with zero attached hydrogens (tertiary/aromatic N) is 1. The highest BCUT2D eigenvalue weighted by atomic mass is 16.3. The molecule has 0 aromatic carbocycles. The molecule has 10 heavy (non-hydrogen) atoms. The average Bonchev–Trinajstić information content (AvgIpc) is 2.34. The maximum absolute atomic E-state index is 10.1. The van der Waals surface area contributed by atoms with E-state index in [-0.39, 0.29) is 0 Å². The Balaban J connectivity index is 2.88. The van der Waals surface area contributed by atoms with Crippen LogP contribution in [0.5, 0.6) is 0 Å². The number of rotatable bonds is 2. The third-order valence-electron chi connectivity index (χ3n) is 1.24. The first-order valence-electron chi connectivity index (χ1n) is 2.95. The van der Waals surface area contributed by atoms with Crippen molar-refractivity contribution in [1.29, 1.82) is 0 Å². The monoisotopic (exact) mass is 139 g/mol. The van der Waals surface area contributed by atoms with Crippen molar-refractivity contribution >= 4 is 12.0 Å². The van der Waals surface area contributed by atoms with Crippen molar-refractivity contribution < 1.29 is 9.21 Å². The molecule has 1 aromatic rings. The fraction of sp³-hybridized carbons (Fsp3) is 0.286. The second kappa shape index (κ2) is 2.56. The molecule has 0 saturated carbocycles. The number of aldehydes is 1. The van der Waals surface area contributed by atoms with E-state index >= 15 is 0 Å². The van der Waals surface area contributed by atoms with E-state index in [9.17, 15) is 4.79 Å². The molecule has 3 nitrogen and oxygen atoms in total. The minimum atomic E-state index is 0.365. The zero-order valence-corrected chi connectivity index (χ0v) is 6.00. The lowest BCUT2D eigenvalue weighted by atomic mass is 10.4. The third kappa shape index (κ3) is 1.18. The highest BCUT2D eigenvalue weighted by molar-refractivity contribution is 5.72. The van der Waals surface area contributed by atoms with Gasteiger partial charge in [-0.05, 0) is 0 Å². The standard InChI is InChI=1S/C7H9NO2/c1-8(2)6-3-7(4-9)10-5-6/h3-5H,1-2H3. The predicted molar refractivity (Wildman–Crippen MR) is 38.4 cm³/mol. The van der Waals surface area contributed by atoms with Gasteiger partial charge in [-0.15, -0.1) is 0 Å². The van der Waals surface area contributed by atoms with E-state index in [2.05, 4.69) is 0 Å². The summed E-state index contributed by atoms with van der Waals surface area (Å²) in [6, 6.07) is 1.69. The maximum Gasteiger partial charge on any atom is 0.185 e. The van der Waals surface area contributed by atoms with Crippen LogP contribution in [0.1, 0.15) is 10.6 Å². The van der Waals surface area contributed by atoms with Crippen LogP contribution in [0.2, 0.25) is 0 Å². The summed E-state index contributed by atoms with van der Waals surface area (Å²) in [5.41, 5.74) is 0.905. The van der Waals surface area contributed by atoms with Crippen molar-refractivity contribution in [2.45, 2.75) is 0 Å². The van der Waals surface area contributed by atoms with Crippen LogP contribution in [-0.4, -0.2) is 20.4 Å². The van der Waals surface area contributed by atoms with Gasteiger partial charge in [0, 0.05) is 20.2 Å². The molecule has 0 saturated heterocycles. The summed E-state index contributed by atoms with van der Waals surface area (Å²) in [6.07, 6.45) is 2.23. The molecular formula is C7H9NO2. The number of carbonyl (C=O) groups excluding carboxylic acids is 1. The van der Waals surface area contributed by atoms with Crippen molar-refractivity contribution in [3.63, 3.8) is 0 Å². The fourth-order valence-electron chi connectivity index (χ4n) is 0.639. The molecule has 0 spiro atoms. The summed E-state index contributed by atoms with van der Waals surface area (Å²) < 4.78 is 4.87. The Labute approximate surface area is 59.2 Å². The van der Waals surface area contributed by atoms with Crippen molar-refractivity contribution in [3.05, 3.63) is 18.1 Å². The number of hydrogen-bond acceptors (Lipinski definition) is 3. The van der Waals surface area contributed by atoms with Crippen LogP contribution in [-0.2, 0) is 0 Å². The van der Waals surface area contributed by atoms with Crippen molar-refractivity contribution in [1.82, 2.24) is 0 Å². The summed E-state index contributed by atoms with van der Waals surface area (Å²) in [4.78, 5) is 12.0. The smallest absolute Gasteiger partial charge is 0.185 e. The molecule has 0 aliphatic heterocycles. The van der Waals surface area contributed by atoms with Gasteiger partial charge in [0.05, 0.1) is 5.69 Å². The molecular weight excluding hydrogens is 130 g/mol. The molecule has 0 bridgehead atoms. The number of hydrogen-bond donors (Lipinski definition) is 0. The van der Waals surface area contributed by atoms with Crippen LogP contribution in [0.3, 0.4) is 0 Å². The van der Waals surface area contributed by atoms with Gasteiger partial charge in [-0.2, -0.15) is 0 Å². The van der Waals surface area contributed by atoms with Gasteiger partial charge in [0.1, 0.15) is 6.26 Å². The SMILES string of the molecule is CN(C)c1coc(C=O)c1. The molecule has 0 atom stereocenters. The van der Waals surface area contributed by atoms with Crippen LogP contribution in [0.25, 0.3) is 0 Å². The van der Waals surface area contributed by atoms with Crippen LogP contribution in [0.4, 0.5) is 5.69 Å². The van der Waals surface area contributed by atoms with Gasteiger partial charge in [0.2, 0.25) is 0 Å². The van der Waals surface area contributed by atoms with E-state index < -0.39 is 0 Å². The van der Waals surface area contributed by atoms with Gasteiger partial charge in [-0.3, -0.25) is 4.79 Å². The second-order valence-corrected chi connectivity index (χ2v) is 2.22. The molecule has 1 rings (SSSR count). The summed E-state index contributed by atoms with van der Waals surface area (Å²) in [5, 5.41) is 0. The maximum atomic E-state index is 10.1. The molecule has 1 aromatic heterocycles. The predicted octanol–water partition coefficient (Wildman–Crippen LogP) is 1.16. The Morgan fingerprint density at radius 1 is 1.60 bits per heavy atom. The zero-order valence-electron chi connectivity index (χ0n) is 6.00. The van der Waals surface area contributed by atoms with E-state index in [0.29, 0.717) is 12.0 Å². The normalized spacial score (nSPS) is 9.40. The lowest BCUT2D eigenvalue weighted by Gasteiger charge is -2.05. The Kier molecular flexibility index (Phi) is 1.76. The van der Waals surface area contributed by atoms with Gasteiger partial charge in [0.25, 0.3) is 0 Å². The Morgan fingerprint density at radius 3 is 2.60 bits per heavy atom. The first kappa shape index (κ1) is 6.86. The molecule has 1 heterocycles. The minimum absolute atomic E-state index is 0.365. The molecule has 0 fully saturated rings. The lowest BCUT2D eigenvalue weighted by molar-refractivity contribution is 0.110. The third-order valence-corrected chi connectivity index (χ3v) is 1.24. The van der Waals surface area contributed by atoms with Gasteiger partial charge < -0.3 is 9.32 Å². The molecule has 0 N–H and O–H groups in total. The van der Waals surface area contributed by atoms with Crippen molar-refractivity contribution in [3.8, 4) is 0 Å². The molecule has 0 unspecified atom stereocenters. The van der Waals surface area contributed by atoms with Gasteiger partial charge in [0.15, 0.2) is 12.0 Å². The second-order valence-electron chi connectivity index (χ2n) is 2.22. The molecule has 0 radical (unpaired) electrons. The van der Waals surface area contributed by atoms with E-state index in [1.807, 2.05) is 19.0 Å². The van der Waals surface area contributed by atoms with E-state index in [0.717, 1.165) is 5.69 Å². The molecule has 0 aliphatic carbocycles. The van der Waals surface area contributed by atoms with E-state index in [4.69, 9.17) is 4.42 Å².